The van der Waals surface area contributed by atoms with Crippen LogP contribution < -0.4 is 5.32 Å². The van der Waals surface area contributed by atoms with Crippen molar-refractivity contribution < 1.29 is 5.11 Å². The zero-order valence-electron chi connectivity index (χ0n) is 11.4. The van der Waals surface area contributed by atoms with Gasteiger partial charge in [0.25, 0.3) is 0 Å². The molecule has 0 amide bonds. The first-order chi connectivity index (χ1) is 7.95. The Bertz CT molecular complexity index is 349. The van der Waals surface area contributed by atoms with Crippen LogP contribution in [-0.4, -0.2) is 22.7 Å². The number of aryl methyl sites for hydroxylation is 2. The minimum absolute atomic E-state index is 0.239. The molecule has 17 heavy (non-hydrogen) atoms. The first-order valence-corrected chi connectivity index (χ1v) is 7.08. The minimum atomic E-state index is 0.239. The second-order valence-electron chi connectivity index (χ2n) is 4.93. The molecule has 0 aliphatic carbocycles. The van der Waals surface area contributed by atoms with Crippen molar-refractivity contribution in [2.75, 3.05) is 6.61 Å². The number of aliphatic hydroxyl groups excluding tert-OH is 1. The fourth-order valence-electron chi connectivity index (χ4n) is 2.09. The number of nitrogens with one attached hydrogen (secondary N) is 1. The number of rotatable bonds is 6. The van der Waals surface area contributed by atoms with Crippen LogP contribution in [0, 0.1) is 19.8 Å². The second-order valence-corrected chi connectivity index (χ2v) is 6.17. The number of nitrogens with zero attached hydrogens (tertiary/aromatic N) is 1. The molecule has 1 aromatic rings. The molecule has 1 rings (SSSR count). The third kappa shape index (κ3) is 4.05. The summed E-state index contributed by atoms with van der Waals surface area (Å²) in [5, 5.41) is 13.8. The summed E-state index contributed by atoms with van der Waals surface area (Å²) < 4.78 is 0. The Morgan fingerprint density at radius 3 is 2.35 bits per heavy atom. The Morgan fingerprint density at radius 1 is 1.29 bits per heavy atom. The number of aliphatic hydroxyl groups is 1. The van der Waals surface area contributed by atoms with Crippen LogP contribution in [0.1, 0.15) is 48.8 Å². The number of hydrogen-bond acceptors (Lipinski definition) is 4. The number of thiazole rings is 1. The molecule has 2 unspecified atom stereocenters. The normalized spacial score (nSPS) is 15.2. The first kappa shape index (κ1) is 14.6. The van der Waals surface area contributed by atoms with Crippen LogP contribution in [-0.2, 0) is 0 Å². The van der Waals surface area contributed by atoms with Gasteiger partial charge in [0.05, 0.1) is 10.7 Å². The minimum Gasteiger partial charge on any atom is -0.396 e. The summed E-state index contributed by atoms with van der Waals surface area (Å²) in [6.45, 7) is 10.9. The summed E-state index contributed by atoms with van der Waals surface area (Å²) in [4.78, 5) is 5.77. The Hall–Kier alpha value is -0.450. The molecular formula is C13H24N2OS. The van der Waals surface area contributed by atoms with Gasteiger partial charge >= 0.3 is 0 Å². The molecule has 98 valence electrons. The predicted octanol–water partition coefficient (Wildman–Crippen LogP) is 2.82. The van der Waals surface area contributed by atoms with Crippen molar-refractivity contribution in [2.24, 2.45) is 5.92 Å². The van der Waals surface area contributed by atoms with E-state index in [0.29, 0.717) is 18.0 Å². The zero-order chi connectivity index (χ0) is 13.0. The lowest BCUT2D eigenvalue weighted by atomic mass is 10.00. The van der Waals surface area contributed by atoms with Gasteiger partial charge in [0.2, 0.25) is 0 Å². The Morgan fingerprint density at radius 2 is 1.94 bits per heavy atom. The lowest BCUT2D eigenvalue weighted by Gasteiger charge is -2.25. The zero-order valence-corrected chi connectivity index (χ0v) is 12.3. The highest BCUT2D eigenvalue weighted by molar-refractivity contribution is 7.11. The standard InChI is InChI=1S/C13H24N2OS/c1-8(2)12(6-7-16)15-10(4)13-9(3)14-11(5)17-13/h8,10,12,15-16H,6-7H2,1-5H3. The maximum atomic E-state index is 9.08. The van der Waals surface area contributed by atoms with E-state index >= 15 is 0 Å². The highest BCUT2D eigenvalue weighted by Crippen LogP contribution is 2.25. The molecule has 2 atom stereocenters. The van der Waals surface area contributed by atoms with Crippen LogP contribution in [0.2, 0.25) is 0 Å². The maximum absolute atomic E-state index is 9.08. The van der Waals surface area contributed by atoms with Crippen molar-refractivity contribution in [1.82, 2.24) is 10.3 Å². The van der Waals surface area contributed by atoms with Gasteiger partial charge < -0.3 is 10.4 Å². The summed E-state index contributed by atoms with van der Waals surface area (Å²) in [7, 11) is 0. The molecule has 0 saturated carbocycles. The van der Waals surface area contributed by atoms with Gasteiger partial charge in [-0.2, -0.15) is 0 Å². The topological polar surface area (TPSA) is 45.2 Å². The van der Waals surface area contributed by atoms with E-state index in [-0.39, 0.29) is 6.61 Å². The van der Waals surface area contributed by atoms with Crippen molar-refractivity contribution in [1.29, 1.82) is 0 Å². The van der Waals surface area contributed by atoms with Crippen molar-refractivity contribution in [3.63, 3.8) is 0 Å². The van der Waals surface area contributed by atoms with Crippen LogP contribution >= 0.6 is 11.3 Å². The van der Waals surface area contributed by atoms with Gasteiger partial charge in [-0.05, 0) is 33.1 Å². The smallest absolute Gasteiger partial charge is 0.0900 e. The van der Waals surface area contributed by atoms with Crippen LogP contribution in [0.15, 0.2) is 0 Å². The van der Waals surface area contributed by atoms with Crippen molar-refractivity contribution >= 4 is 11.3 Å². The average Bonchev–Trinajstić information content (AvgIpc) is 2.57. The van der Waals surface area contributed by atoms with Gasteiger partial charge in [-0.1, -0.05) is 13.8 Å². The SMILES string of the molecule is Cc1nc(C)c(C(C)NC(CCO)C(C)C)s1. The van der Waals surface area contributed by atoms with E-state index in [1.54, 1.807) is 11.3 Å². The first-order valence-electron chi connectivity index (χ1n) is 6.26. The van der Waals surface area contributed by atoms with Crippen LogP contribution in [0.5, 0.6) is 0 Å². The molecule has 0 saturated heterocycles. The second kappa shape index (κ2) is 6.47. The largest absolute Gasteiger partial charge is 0.396 e. The fraction of sp³-hybridized carbons (Fsp3) is 0.769. The Balaban J connectivity index is 2.69. The molecule has 0 aromatic carbocycles. The Labute approximate surface area is 108 Å². The van der Waals surface area contributed by atoms with E-state index < -0.39 is 0 Å². The van der Waals surface area contributed by atoms with E-state index in [4.69, 9.17) is 5.11 Å². The highest BCUT2D eigenvalue weighted by atomic mass is 32.1. The molecule has 0 radical (unpaired) electrons. The van der Waals surface area contributed by atoms with Crippen molar-refractivity contribution in [2.45, 2.75) is 53.1 Å². The van der Waals surface area contributed by atoms with Gasteiger partial charge in [0.1, 0.15) is 0 Å². The average molecular weight is 256 g/mol. The third-order valence-corrected chi connectivity index (χ3v) is 4.30. The van der Waals surface area contributed by atoms with Crippen molar-refractivity contribution in [3.8, 4) is 0 Å². The summed E-state index contributed by atoms with van der Waals surface area (Å²) in [5.74, 6) is 0.527. The number of hydrogen-bond donors (Lipinski definition) is 2. The quantitative estimate of drug-likeness (QED) is 0.822. The molecule has 1 aromatic heterocycles. The lowest BCUT2D eigenvalue weighted by Crippen LogP contribution is -2.36. The van der Waals surface area contributed by atoms with E-state index in [1.165, 1.54) is 4.88 Å². The monoisotopic (exact) mass is 256 g/mol. The molecule has 0 bridgehead atoms. The summed E-state index contributed by atoms with van der Waals surface area (Å²) in [6.07, 6.45) is 0.804. The number of aromatic nitrogens is 1. The molecule has 0 fully saturated rings. The predicted molar refractivity (Wildman–Crippen MR) is 73.5 cm³/mol. The van der Waals surface area contributed by atoms with Gasteiger partial charge in [0, 0.05) is 23.6 Å². The molecule has 4 heteroatoms. The molecule has 3 nitrogen and oxygen atoms in total. The van der Waals surface area contributed by atoms with Gasteiger partial charge in [-0.15, -0.1) is 11.3 Å². The van der Waals surface area contributed by atoms with E-state index in [9.17, 15) is 0 Å². The highest BCUT2D eigenvalue weighted by Gasteiger charge is 2.19. The van der Waals surface area contributed by atoms with Crippen LogP contribution in [0.4, 0.5) is 0 Å². The molecule has 1 heterocycles. The summed E-state index contributed by atoms with van der Waals surface area (Å²) in [5.41, 5.74) is 1.12. The van der Waals surface area contributed by atoms with Gasteiger partial charge in [-0.25, -0.2) is 4.98 Å². The van der Waals surface area contributed by atoms with E-state index in [0.717, 1.165) is 17.1 Å². The molecular weight excluding hydrogens is 232 g/mol. The van der Waals surface area contributed by atoms with E-state index in [1.807, 2.05) is 6.92 Å². The van der Waals surface area contributed by atoms with E-state index in [2.05, 4.69) is 38.0 Å². The fourth-order valence-corrected chi connectivity index (χ4v) is 3.03. The molecule has 0 spiro atoms. The van der Waals surface area contributed by atoms with Crippen LogP contribution in [0.3, 0.4) is 0 Å². The summed E-state index contributed by atoms with van der Waals surface area (Å²) >= 11 is 1.76. The summed E-state index contributed by atoms with van der Waals surface area (Å²) in [6, 6.07) is 0.664. The van der Waals surface area contributed by atoms with Gasteiger partial charge in [0.15, 0.2) is 0 Å². The molecule has 0 aliphatic heterocycles. The third-order valence-electron chi connectivity index (χ3n) is 3.04. The Kier molecular flexibility index (Phi) is 5.56. The lowest BCUT2D eigenvalue weighted by molar-refractivity contribution is 0.237. The van der Waals surface area contributed by atoms with Gasteiger partial charge in [-0.3, -0.25) is 0 Å². The maximum Gasteiger partial charge on any atom is 0.0900 e. The van der Waals surface area contributed by atoms with Crippen molar-refractivity contribution in [3.05, 3.63) is 15.6 Å². The molecule has 2 N–H and O–H groups in total. The van der Waals surface area contributed by atoms with Crippen LogP contribution in [0.25, 0.3) is 0 Å². The molecule has 0 aliphatic rings.